The van der Waals surface area contributed by atoms with Crippen molar-refractivity contribution in [3.8, 4) is 12.0 Å². The van der Waals surface area contributed by atoms with Gasteiger partial charge in [0.05, 0.1) is 7.11 Å². The SMILES string of the molecule is COc1nc(Nc2ccccc2)nc(OC(C(F)(F)F)C(F)(F)F)n1. The third kappa shape index (κ3) is 5.09. The van der Waals surface area contributed by atoms with E-state index in [0.717, 1.165) is 7.11 Å². The Labute approximate surface area is 136 Å². The highest BCUT2D eigenvalue weighted by molar-refractivity contribution is 5.52. The lowest BCUT2D eigenvalue weighted by molar-refractivity contribution is -0.301. The molecule has 1 aromatic heterocycles. The van der Waals surface area contributed by atoms with Crippen LogP contribution in [0.2, 0.25) is 0 Å². The number of hydrogen-bond acceptors (Lipinski definition) is 6. The van der Waals surface area contributed by atoms with Crippen LogP contribution in [0.5, 0.6) is 12.0 Å². The van der Waals surface area contributed by atoms with E-state index in [1.165, 1.54) is 0 Å². The van der Waals surface area contributed by atoms with Gasteiger partial charge in [-0.05, 0) is 12.1 Å². The van der Waals surface area contributed by atoms with Crippen LogP contribution in [-0.2, 0) is 0 Å². The maximum atomic E-state index is 12.6. The first-order chi connectivity index (χ1) is 11.6. The van der Waals surface area contributed by atoms with Gasteiger partial charge in [0.25, 0.3) is 6.10 Å². The second-order valence-electron chi connectivity index (χ2n) is 4.50. The molecule has 1 aromatic carbocycles. The van der Waals surface area contributed by atoms with E-state index in [0.29, 0.717) is 5.69 Å². The van der Waals surface area contributed by atoms with Crippen LogP contribution >= 0.6 is 0 Å². The van der Waals surface area contributed by atoms with Crippen LogP contribution in [0.25, 0.3) is 0 Å². The lowest BCUT2D eigenvalue weighted by Gasteiger charge is -2.22. The standard InChI is InChI=1S/C13H10F6N4O2/c1-24-10-21-9(20-7-5-3-2-4-6-7)22-11(23-10)25-8(12(14,15)16)13(17,18)19/h2-6,8H,1H3,(H,20,21,22,23). The third-order valence-corrected chi connectivity index (χ3v) is 2.62. The van der Waals surface area contributed by atoms with Crippen molar-refractivity contribution in [1.82, 2.24) is 15.0 Å². The van der Waals surface area contributed by atoms with Gasteiger partial charge in [0.1, 0.15) is 0 Å². The van der Waals surface area contributed by atoms with E-state index in [2.05, 4.69) is 29.7 Å². The van der Waals surface area contributed by atoms with E-state index >= 15 is 0 Å². The highest BCUT2D eigenvalue weighted by atomic mass is 19.4. The van der Waals surface area contributed by atoms with Crippen LogP contribution < -0.4 is 14.8 Å². The highest BCUT2D eigenvalue weighted by Gasteiger charge is 2.59. The van der Waals surface area contributed by atoms with E-state index in [4.69, 9.17) is 0 Å². The summed E-state index contributed by atoms with van der Waals surface area (Å²) in [6, 6.07) is 6.42. The molecule has 0 spiro atoms. The predicted molar refractivity (Wildman–Crippen MR) is 72.6 cm³/mol. The second kappa shape index (κ2) is 6.99. The number of ether oxygens (including phenoxy) is 2. The Hall–Kier alpha value is -2.79. The van der Waals surface area contributed by atoms with Crippen LogP contribution in [0.4, 0.5) is 38.0 Å². The number of methoxy groups -OCH3 is 1. The molecule has 1 N–H and O–H groups in total. The van der Waals surface area contributed by atoms with Gasteiger partial charge in [-0.3, -0.25) is 0 Å². The minimum Gasteiger partial charge on any atom is -0.467 e. The summed E-state index contributed by atoms with van der Waals surface area (Å²) in [6.07, 6.45) is -15.5. The molecule has 0 amide bonds. The first-order valence-corrected chi connectivity index (χ1v) is 6.52. The molecule has 2 aromatic rings. The van der Waals surface area contributed by atoms with Crippen LogP contribution in [0, 0.1) is 0 Å². The van der Waals surface area contributed by atoms with E-state index < -0.39 is 30.5 Å². The smallest absolute Gasteiger partial charge is 0.434 e. The maximum Gasteiger partial charge on any atom is 0.434 e. The monoisotopic (exact) mass is 368 g/mol. The fraction of sp³-hybridized carbons (Fsp3) is 0.308. The Morgan fingerprint density at radius 2 is 1.44 bits per heavy atom. The number of aromatic nitrogens is 3. The summed E-state index contributed by atoms with van der Waals surface area (Å²) >= 11 is 0. The van der Waals surface area contributed by atoms with Crippen molar-refractivity contribution in [1.29, 1.82) is 0 Å². The lowest BCUT2D eigenvalue weighted by Crippen LogP contribution is -2.46. The zero-order valence-electron chi connectivity index (χ0n) is 12.4. The molecule has 0 aliphatic rings. The minimum absolute atomic E-state index is 0.351. The number of anilines is 2. The Morgan fingerprint density at radius 1 is 0.880 bits per heavy atom. The molecule has 0 atom stereocenters. The molecule has 0 aliphatic heterocycles. The van der Waals surface area contributed by atoms with Gasteiger partial charge in [0.2, 0.25) is 5.95 Å². The summed E-state index contributed by atoms with van der Waals surface area (Å²) in [5, 5.41) is 2.59. The lowest BCUT2D eigenvalue weighted by atomic mass is 10.3. The molecule has 0 aliphatic carbocycles. The molecule has 2 rings (SSSR count). The number of halogens is 6. The Balaban J connectivity index is 2.32. The van der Waals surface area contributed by atoms with Gasteiger partial charge in [-0.1, -0.05) is 18.2 Å². The highest BCUT2D eigenvalue weighted by Crippen LogP contribution is 2.36. The summed E-state index contributed by atoms with van der Waals surface area (Å²) in [7, 11) is 1.08. The van der Waals surface area contributed by atoms with Crippen LogP contribution in [0.1, 0.15) is 0 Å². The molecule has 0 saturated carbocycles. The van der Waals surface area contributed by atoms with Gasteiger partial charge in [0, 0.05) is 5.69 Å². The number of alkyl halides is 6. The van der Waals surface area contributed by atoms with E-state index in [1.807, 2.05) is 0 Å². The molecule has 136 valence electrons. The van der Waals surface area contributed by atoms with Gasteiger partial charge >= 0.3 is 24.4 Å². The molecular formula is C13H10F6N4O2. The molecule has 0 fully saturated rings. The van der Waals surface area contributed by atoms with Crippen molar-refractivity contribution in [2.75, 3.05) is 12.4 Å². The van der Waals surface area contributed by atoms with Gasteiger partial charge in [-0.2, -0.15) is 36.3 Å². The molecule has 0 saturated heterocycles. The third-order valence-electron chi connectivity index (χ3n) is 2.62. The topological polar surface area (TPSA) is 69.2 Å². The average Bonchev–Trinajstić information content (AvgIpc) is 2.51. The molecule has 0 radical (unpaired) electrons. The molecule has 0 unspecified atom stereocenters. The first-order valence-electron chi connectivity index (χ1n) is 6.52. The Kier molecular flexibility index (Phi) is 5.18. The van der Waals surface area contributed by atoms with Gasteiger partial charge < -0.3 is 14.8 Å². The molecule has 12 heteroatoms. The van der Waals surface area contributed by atoms with Crippen molar-refractivity contribution in [2.24, 2.45) is 0 Å². The summed E-state index contributed by atoms with van der Waals surface area (Å²) in [5.74, 6) is -0.351. The molecule has 1 heterocycles. The number of para-hydroxylation sites is 1. The normalized spacial score (nSPS) is 12.2. The van der Waals surface area contributed by atoms with E-state index in [1.54, 1.807) is 30.3 Å². The quantitative estimate of drug-likeness (QED) is 0.815. The van der Waals surface area contributed by atoms with E-state index in [9.17, 15) is 26.3 Å². The minimum atomic E-state index is -5.70. The maximum absolute atomic E-state index is 12.6. The van der Waals surface area contributed by atoms with Crippen molar-refractivity contribution < 1.29 is 35.8 Å². The Morgan fingerprint density at radius 3 is 1.96 bits per heavy atom. The molecule has 25 heavy (non-hydrogen) atoms. The number of nitrogens with zero attached hydrogens (tertiary/aromatic N) is 3. The summed E-state index contributed by atoms with van der Waals surface area (Å²) in [5.41, 5.74) is 0.435. The average molecular weight is 368 g/mol. The van der Waals surface area contributed by atoms with Crippen LogP contribution in [-0.4, -0.2) is 40.5 Å². The molecule has 0 bridgehead atoms. The van der Waals surface area contributed by atoms with Gasteiger partial charge in [-0.25, -0.2) is 0 Å². The fourth-order valence-electron chi connectivity index (χ4n) is 1.61. The number of rotatable bonds is 5. The zero-order chi connectivity index (χ0) is 18.7. The Bertz CT molecular complexity index is 694. The number of benzene rings is 1. The fourth-order valence-corrected chi connectivity index (χ4v) is 1.61. The first kappa shape index (κ1) is 18.5. The molecular weight excluding hydrogens is 358 g/mol. The van der Waals surface area contributed by atoms with Gasteiger partial charge in [0.15, 0.2) is 0 Å². The number of hydrogen-bond donors (Lipinski definition) is 1. The van der Waals surface area contributed by atoms with E-state index in [-0.39, 0.29) is 5.95 Å². The summed E-state index contributed by atoms with van der Waals surface area (Å²) in [4.78, 5) is 10.3. The zero-order valence-corrected chi connectivity index (χ0v) is 12.4. The van der Waals surface area contributed by atoms with Crippen molar-refractivity contribution in [3.05, 3.63) is 30.3 Å². The van der Waals surface area contributed by atoms with Crippen molar-refractivity contribution in [3.63, 3.8) is 0 Å². The van der Waals surface area contributed by atoms with Crippen LogP contribution in [0.15, 0.2) is 30.3 Å². The predicted octanol–water partition coefficient (Wildman–Crippen LogP) is 3.50. The van der Waals surface area contributed by atoms with Crippen LogP contribution in [0.3, 0.4) is 0 Å². The largest absolute Gasteiger partial charge is 0.467 e. The second-order valence-corrected chi connectivity index (χ2v) is 4.50. The summed E-state index contributed by atoms with van der Waals surface area (Å²) in [6.45, 7) is 0. The van der Waals surface area contributed by atoms with Crippen molar-refractivity contribution >= 4 is 11.6 Å². The number of nitrogens with one attached hydrogen (secondary N) is 1. The van der Waals surface area contributed by atoms with Gasteiger partial charge in [-0.15, -0.1) is 4.98 Å². The summed E-state index contributed by atoms with van der Waals surface area (Å²) < 4.78 is 84.0. The molecule has 6 nitrogen and oxygen atoms in total. The van der Waals surface area contributed by atoms with Crippen molar-refractivity contribution in [2.45, 2.75) is 18.5 Å².